The van der Waals surface area contributed by atoms with Crippen molar-refractivity contribution in [3.8, 4) is 0 Å². The number of carbonyl (C=O) groups is 1. The molecular formula is C36H36O3. The lowest BCUT2D eigenvalue weighted by Gasteiger charge is -2.39. The van der Waals surface area contributed by atoms with Crippen LogP contribution in [0.5, 0.6) is 0 Å². The van der Waals surface area contributed by atoms with E-state index >= 15 is 0 Å². The Bertz CT molecular complexity index is 1320. The van der Waals surface area contributed by atoms with E-state index < -0.39 is 5.60 Å². The molecule has 5 rings (SSSR count). The standard InChI is InChI=1S/C36H36O3/c37-33-27-36(25-23-29-15-7-2-8-16-29,26-24-30-17-9-3-10-18-30)39-35(38)34(33)32(31-19-11-4-12-20-31)22-21-28-13-5-1-6-14-28/h1-20,32,37H,21-27H2. The molecule has 1 atom stereocenters. The van der Waals surface area contributed by atoms with Gasteiger partial charge in [-0.2, -0.15) is 0 Å². The topological polar surface area (TPSA) is 46.5 Å². The normalized spacial score (nSPS) is 15.5. The van der Waals surface area contributed by atoms with E-state index in [2.05, 4.69) is 36.4 Å². The first-order chi connectivity index (χ1) is 19.1. The van der Waals surface area contributed by atoms with Crippen molar-refractivity contribution in [3.05, 3.63) is 155 Å². The Morgan fingerprint density at radius 2 is 1.08 bits per heavy atom. The maximum Gasteiger partial charge on any atom is 0.338 e. The summed E-state index contributed by atoms with van der Waals surface area (Å²) in [6, 6.07) is 40.9. The highest BCUT2D eigenvalue weighted by Gasteiger charge is 2.43. The van der Waals surface area contributed by atoms with Gasteiger partial charge < -0.3 is 9.84 Å². The number of benzene rings is 4. The van der Waals surface area contributed by atoms with Crippen molar-refractivity contribution in [3.63, 3.8) is 0 Å². The fraction of sp³-hybridized carbons (Fsp3) is 0.250. The highest BCUT2D eigenvalue weighted by molar-refractivity contribution is 5.92. The molecule has 4 aromatic rings. The van der Waals surface area contributed by atoms with Gasteiger partial charge in [0.05, 0.1) is 5.57 Å². The summed E-state index contributed by atoms with van der Waals surface area (Å²) in [5.41, 5.74) is 4.29. The lowest BCUT2D eigenvalue weighted by atomic mass is 9.78. The summed E-state index contributed by atoms with van der Waals surface area (Å²) in [5, 5.41) is 11.6. The van der Waals surface area contributed by atoms with Crippen molar-refractivity contribution in [2.75, 3.05) is 0 Å². The monoisotopic (exact) mass is 516 g/mol. The lowest BCUT2D eigenvalue weighted by molar-refractivity contribution is -0.161. The molecular weight excluding hydrogens is 480 g/mol. The third-order valence-corrected chi connectivity index (χ3v) is 7.87. The minimum atomic E-state index is -0.753. The van der Waals surface area contributed by atoms with Crippen LogP contribution in [0.2, 0.25) is 0 Å². The smallest absolute Gasteiger partial charge is 0.338 e. The van der Waals surface area contributed by atoms with Crippen LogP contribution in [0.4, 0.5) is 0 Å². The summed E-state index contributed by atoms with van der Waals surface area (Å²) in [4.78, 5) is 13.8. The largest absolute Gasteiger partial charge is 0.512 e. The van der Waals surface area contributed by atoms with Gasteiger partial charge in [-0.3, -0.25) is 0 Å². The predicted molar refractivity (Wildman–Crippen MR) is 157 cm³/mol. The summed E-state index contributed by atoms with van der Waals surface area (Å²) >= 11 is 0. The van der Waals surface area contributed by atoms with Gasteiger partial charge >= 0.3 is 5.97 Å². The number of aryl methyl sites for hydroxylation is 3. The number of aliphatic hydroxyl groups excluding tert-OH is 1. The van der Waals surface area contributed by atoms with Crippen molar-refractivity contribution in [1.82, 2.24) is 0 Å². The van der Waals surface area contributed by atoms with E-state index in [1.807, 2.05) is 84.9 Å². The van der Waals surface area contributed by atoms with E-state index in [0.717, 1.165) is 24.8 Å². The Balaban J connectivity index is 1.43. The van der Waals surface area contributed by atoms with Crippen molar-refractivity contribution in [2.24, 2.45) is 0 Å². The molecule has 0 amide bonds. The molecule has 0 aliphatic carbocycles. The van der Waals surface area contributed by atoms with Gasteiger partial charge in [0.15, 0.2) is 0 Å². The van der Waals surface area contributed by atoms with Crippen molar-refractivity contribution in [2.45, 2.75) is 56.5 Å². The molecule has 0 saturated heterocycles. The predicted octanol–water partition coefficient (Wildman–Crippen LogP) is 8.17. The van der Waals surface area contributed by atoms with Crippen LogP contribution < -0.4 is 0 Å². The van der Waals surface area contributed by atoms with Crippen molar-refractivity contribution < 1.29 is 14.6 Å². The Morgan fingerprint density at radius 1 is 0.641 bits per heavy atom. The van der Waals surface area contributed by atoms with E-state index in [1.54, 1.807) is 0 Å². The van der Waals surface area contributed by atoms with E-state index in [-0.39, 0.29) is 17.6 Å². The quantitative estimate of drug-likeness (QED) is 0.205. The zero-order valence-electron chi connectivity index (χ0n) is 22.3. The summed E-state index contributed by atoms with van der Waals surface area (Å²) in [7, 11) is 0. The number of carbonyl (C=O) groups excluding carboxylic acids is 1. The molecule has 0 radical (unpaired) electrons. The van der Waals surface area contributed by atoms with Gasteiger partial charge in [-0.1, -0.05) is 121 Å². The number of ether oxygens (including phenoxy) is 1. The van der Waals surface area contributed by atoms with Crippen LogP contribution in [0.1, 0.15) is 53.9 Å². The Hall–Kier alpha value is -4.11. The van der Waals surface area contributed by atoms with Gasteiger partial charge in [0.25, 0.3) is 0 Å². The summed E-state index contributed by atoms with van der Waals surface area (Å²) in [6.45, 7) is 0. The van der Waals surface area contributed by atoms with Crippen LogP contribution in [-0.4, -0.2) is 16.7 Å². The van der Waals surface area contributed by atoms with Crippen LogP contribution in [-0.2, 0) is 28.8 Å². The van der Waals surface area contributed by atoms with Gasteiger partial charge in [0, 0.05) is 12.3 Å². The SMILES string of the molecule is O=C1OC(CCc2ccccc2)(CCc2ccccc2)CC(O)=C1C(CCc1ccccc1)c1ccccc1. The van der Waals surface area contributed by atoms with Crippen LogP contribution in [0, 0.1) is 0 Å². The Kier molecular flexibility index (Phi) is 8.58. The molecule has 39 heavy (non-hydrogen) atoms. The number of rotatable bonds is 11. The molecule has 0 saturated carbocycles. The highest BCUT2D eigenvalue weighted by atomic mass is 16.6. The van der Waals surface area contributed by atoms with Crippen LogP contribution in [0.3, 0.4) is 0 Å². The molecule has 3 nitrogen and oxygen atoms in total. The van der Waals surface area contributed by atoms with Crippen LogP contribution in [0.15, 0.2) is 133 Å². The maximum atomic E-state index is 13.8. The third kappa shape index (κ3) is 6.86. The van der Waals surface area contributed by atoms with Gasteiger partial charge in [0.1, 0.15) is 11.4 Å². The Labute approximate surface area is 231 Å². The van der Waals surface area contributed by atoms with Crippen LogP contribution >= 0.6 is 0 Å². The number of esters is 1. The van der Waals surface area contributed by atoms with E-state index in [1.165, 1.54) is 16.7 Å². The maximum absolute atomic E-state index is 13.8. The zero-order chi connectivity index (χ0) is 26.9. The third-order valence-electron chi connectivity index (χ3n) is 7.87. The molecule has 0 aromatic heterocycles. The van der Waals surface area contributed by atoms with E-state index in [4.69, 9.17) is 4.74 Å². The minimum Gasteiger partial charge on any atom is -0.512 e. The van der Waals surface area contributed by atoms with Gasteiger partial charge in [0.2, 0.25) is 0 Å². The van der Waals surface area contributed by atoms with Gasteiger partial charge in [-0.25, -0.2) is 4.79 Å². The first-order valence-electron chi connectivity index (χ1n) is 13.9. The molecule has 198 valence electrons. The molecule has 1 N–H and O–H groups in total. The first-order valence-corrected chi connectivity index (χ1v) is 13.9. The Morgan fingerprint density at radius 3 is 1.54 bits per heavy atom. The van der Waals surface area contributed by atoms with Crippen LogP contribution in [0.25, 0.3) is 0 Å². The molecule has 0 spiro atoms. The summed E-state index contributed by atoms with van der Waals surface area (Å²) < 4.78 is 6.40. The van der Waals surface area contributed by atoms with Gasteiger partial charge in [-0.15, -0.1) is 0 Å². The average Bonchev–Trinajstić information content (AvgIpc) is 2.98. The second kappa shape index (κ2) is 12.6. The number of cyclic esters (lactones) is 1. The fourth-order valence-corrected chi connectivity index (χ4v) is 5.71. The van der Waals surface area contributed by atoms with Crippen molar-refractivity contribution in [1.29, 1.82) is 0 Å². The first kappa shape index (κ1) is 26.5. The molecule has 1 aliphatic rings. The number of hydrogen-bond acceptors (Lipinski definition) is 3. The second-order valence-electron chi connectivity index (χ2n) is 10.6. The number of aliphatic hydroxyl groups is 1. The minimum absolute atomic E-state index is 0.175. The molecule has 1 aliphatic heterocycles. The van der Waals surface area contributed by atoms with E-state index in [0.29, 0.717) is 31.3 Å². The molecule has 1 heterocycles. The fourth-order valence-electron chi connectivity index (χ4n) is 5.71. The van der Waals surface area contributed by atoms with Gasteiger partial charge in [-0.05, 0) is 60.8 Å². The molecule has 0 fully saturated rings. The summed E-state index contributed by atoms with van der Waals surface area (Å²) in [5.74, 6) is -0.448. The molecule has 0 bridgehead atoms. The summed E-state index contributed by atoms with van der Waals surface area (Å²) in [6.07, 6.45) is 4.73. The highest BCUT2D eigenvalue weighted by Crippen LogP contribution is 2.42. The lowest BCUT2D eigenvalue weighted by Crippen LogP contribution is -2.42. The van der Waals surface area contributed by atoms with E-state index in [9.17, 15) is 9.90 Å². The average molecular weight is 517 g/mol. The van der Waals surface area contributed by atoms with Crippen molar-refractivity contribution >= 4 is 5.97 Å². The number of hydrogen-bond donors (Lipinski definition) is 1. The molecule has 4 aromatic carbocycles. The zero-order valence-corrected chi connectivity index (χ0v) is 22.3. The second-order valence-corrected chi connectivity index (χ2v) is 10.6. The molecule has 1 unspecified atom stereocenters. The molecule has 3 heteroatoms.